The lowest BCUT2D eigenvalue weighted by Crippen LogP contribution is -2.29. The SMILES string of the molecule is CC(C)(C)c1ccc(N(c2ccccc2)c2cc3c(c4sc5ccccc5c24)-c2c(ccc4c2oc2ccccc24)C3(c2ccccc2)c2cccc(F)c2)cc1. The van der Waals surface area contributed by atoms with Crippen molar-refractivity contribution in [3.63, 3.8) is 0 Å². The van der Waals surface area contributed by atoms with E-state index in [2.05, 4.69) is 177 Å². The fraction of sp³-hybridized carbons (Fsp3) is 0.0943. The van der Waals surface area contributed by atoms with E-state index in [1.165, 1.54) is 25.7 Å². The molecule has 0 aliphatic heterocycles. The zero-order valence-electron chi connectivity index (χ0n) is 31.9. The maximum absolute atomic E-state index is 15.8. The quantitative estimate of drug-likeness (QED) is 0.174. The molecule has 0 saturated heterocycles. The van der Waals surface area contributed by atoms with Gasteiger partial charge in [-0.1, -0.05) is 142 Å². The Labute approximate surface area is 335 Å². The van der Waals surface area contributed by atoms with Crippen LogP contribution < -0.4 is 4.90 Å². The Kier molecular flexibility index (Phi) is 7.42. The highest BCUT2D eigenvalue weighted by Gasteiger charge is 2.49. The van der Waals surface area contributed by atoms with Crippen molar-refractivity contribution in [3.8, 4) is 11.1 Å². The monoisotopic (exact) mass is 755 g/mol. The first-order valence-electron chi connectivity index (χ1n) is 19.5. The van der Waals surface area contributed by atoms with Crippen LogP contribution in [0.5, 0.6) is 0 Å². The van der Waals surface area contributed by atoms with Crippen LogP contribution in [0.15, 0.2) is 180 Å². The third-order valence-electron chi connectivity index (χ3n) is 11.9. The Bertz CT molecular complexity index is 3170. The van der Waals surface area contributed by atoms with Crippen molar-refractivity contribution >= 4 is 70.5 Å². The summed E-state index contributed by atoms with van der Waals surface area (Å²) in [6.07, 6.45) is 0. The topological polar surface area (TPSA) is 16.4 Å². The summed E-state index contributed by atoms with van der Waals surface area (Å²) in [4.78, 5) is 2.41. The van der Waals surface area contributed by atoms with Gasteiger partial charge in [0.15, 0.2) is 0 Å². The first-order chi connectivity index (χ1) is 27.8. The number of halogens is 1. The van der Waals surface area contributed by atoms with Crippen molar-refractivity contribution in [2.45, 2.75) is 31.6 Å². The van der Waals surface area contributed by atoms with Crippen LogP contribution in [0.4, 0.5) is 21.5 Å². The van der Waals surface area contributed by atoms with Crippen molar-refractivity contribution in [1.82, 2.24) is 0 Å². The third kappa shape index (κ3) is 4.93. The fourth-order valence-electron chi connectivity index (χ4n) is 9.41. The molecule has 1 aliphatic carbocycles. The van der Waals surface area contributed by atoms with Crippen LogP contribution in [0.25, 0.3) is 53.2 Å². The molecule has 0 radical (unpaired) electrons. The van der Waals surface area contributed by atoms with E-state index in [0.29, 0.717) is 0 Å². The lowest BCUT2D eigenvalue weighted by atomic mass is 9.67. The zero-order valence-corrected chi connectivity index (χ0v) is 32.7. The second-order valence-corrected chi connectivity index (χ2v) is 17.2. The first-order valence-corrected chi connectivity index (χ1v) is 20.3. The van der Waals surface area contributed by atoms with Crippen molar-refractivity contribution in [2.24, 2.45) is 0 Å². The molecule has 2 heterocycles. The van der Waals surface area contributed by atoms with Crippen LogP contribution in [0.3, 0.4) is 0 Å². The van der Waals surface area contributed by atoms with Gasteiger partial charge in [0.1, 0.15) is 17.0 Å². The molecule has 2 aromatic heterocycles. The lowest BCUT2D eigenvalue weighted by Gasteiger charge is -2.35. The van der Waals surface area contributed by atoms with Gasteiger partial charge in [-0.15, -0.1) is 11.3 Å². The molecule has 8 aromatic carbocycles. The summed E-state index contributed by atoms with van der Waals surface area (Å²) in [6.45, 7) is 6.76. The summed E-state index contributed by atoms with van der Waals surface area (Å²) in [7, 11) is 0. The molecule has 11 rings (SSSR count). The number of hydrogen-bond donors (Lipinski definition) is 0. The summed E-state index contributed by atoms with van der Waals surface area (Å²) in [5.41, 5.74) is 11.6. The van der Waals surface area contributed by atoms with Gasteiger partial charge in [-0.25, -0.2) is 4.39 Å². The van der Waals surface area contributed by atoms with E-state index in [1.54, 1.807) is 12.1 Å². The Morgan fingerprint density at radius 2 is 1.23 bits per heavy atom. The molecule has 4 heteroatoms. The van der Waals surface area contributed by atoms with Gasteiger partial charge in [-0.2, -0.15) is 0 Å². The normalized spacial score (nSPS) is 15.1. The van der Waals surface area contributed by atoms with E-state index >= 15 is 4.39 Å². The van der Waals surface area contributed by atoms with Gasteiger partial charge >= 0.3 is 0 Å². The molecule has 1 unspecified atom stereocenters. The van der Waals surface area contributed by atoms with Gasteiger partial charge in [-0.05, 0) is 87.8 Å². The van der Waals surface area contributed by atoms with Crippen molar-refractivity contribution < 1.29 is 8.81 Å². The second-order valence-electron chi connectivity index (χ2n) is 16.2. The number of thiophene rings is 1. The van der Waals surface area contributed by atoms with Crippen molar-refractivity contribution in [1.29, 1.82) is 0 Å². The van der Waals surface area contributed by atoms with Crippen LogP contribution in [0.2, 0.25) is 0 Å². The van der Waals surface area contributed by atoms with Crippen LogP contribution in [0, 0.1) is 5.82 Å². The Morgan fingerprint density at radius 1 is 0.561 bits per heavy atom. The van der Waals surface area contributed by atoms with Crippen molar-refractivity contribution in [3.05, 3.63) is 210 Å². The zero-order chi connectivity index (χ0) is 38.5. The van der Waals surface area contributed by atoms with Gasteiger partial charge < -0.3 is 9.32 Å². The van der Waals surface area contributed by atoms with E-state index in [-0.39, 0.29) is 11.2 Å². The highest BCUT2D eigenvalue weighted by atomic mass is 32.1. The van der Waals surface area contributed by atoms with Crippen LogP contribution in [-0.4, -0.2) is 0 Å². The molecule has 0 bridgehead atoms. The number of nitrogens with zero attached hydrogens (tertiary/aromatic N) is 1. The van der Waals surface area contributed by atoms with Gasteiger partial charge in [0.25, 0.3) is 0 Å². The maximum Gasteiger partial charge on any atom is 0.143 e. The van der Waals surface area contributed by atoms with E-state index in [0.717, 1.165) is 72.4 Å². The van der Waals surface area contributed by atoms with Crippen LogP contribution >= 0.6 is 11.3 Å². The number of para-hydroxylation sites is 2. The van der Waals surface area contributed by atoms with Gasteiger partial charge in [0.05, 0.1) is 11.1 Å². The first kappa shape index (κ1) is 33.8. The molecule has 10 aromatic rings. The highest BCUT2D eigenvalue weighted by molar-refractivity contribution is 7.26. The smallest absolute Gasteiger partial charge is 0.143 e. The number of anilines is 3. The summed E-state index contributed by atoms with van der Waals surface area (Å²) >= 11 is 1.83. The number of furan rings is 1. The molecular formula is C53H38FNOS. The van der Waals surface area contributed by atoms with E-state index in [4.69, 9.17) is 4.42 Å². The van der Waals surface area contributed by atoms with E-state index in [1.807, 2.05) is 23.5 Å². The molecule has 0 fully saturated rings. The molecule has 1 atom stereocenters. The molecule has 0 saturated carbocycles. The summed E-state index contributed by atoms with van der Waals surface area (Å²) in [5, 5.41) is 4.53. The molecule has 0 spiro atoms. The van der Waals surface area contributed by atoms with E-state index < -0.39 is 5.41 Å². The molecule has 0 N–H and O–H groups in total. The molecule has 0 amide bonds. The fourth-order valence-corrected chi connectivity index (χ4v) is 10.7. The lowest BCUT2D eigenvalue weighted by molar-refractivity contribution is 0.590. The molecule has 1 aliphatic rings. The van der Waals surface area contributed by atoms with Crippen molar-refractivity contribution in [2.75, 3.05) is 4.90 Å². The standard InChI is InChI=1S/C53H38FNOS/c1-52(2,3)33-25-27-38(28-26-33)55(37-19-8-5-9-20-37)44-32-43-49(51-47(44)41-22-11-13-24-46(41)57-51)48-42(30-29-40-39-21-10-12-23-45(39)56-50(40)48)53(43,34-15-6-4-7-16-34)35-17-14-18-36(54)31-35/h4-32H,1-3H3. The summed E-state index contributed by atoms with van der Waals surface area (Å²) in [6, 6.07) is 61.5. The maximum atomic E-state index is 15.8. The highest BCUT2D eigenvalue weighted by Crippen LogP contribution is 2.63. The third-order valence-corrected chi connectivity index (χ3v) is 13.1. The minimum Gasteiger partial charge on any atom is -0.455 e. The predicted molar refractivity (Wildman–Crippen MR) is 237 cm³/mol. The van der Waals surface area contributed by atoms with Gasteiger partial charge in [-0.3, -0.25) is 0 Å². The Morgan fingerprint density at radius 3 is 1.98 bits per heavy atom. The summed E-state index contributed by atoms with van der Waals surface area (Å²) in [5.74, 6) is -0.268. The number of benzene rings is 8. The second kappa shape index (κ2) is 12.5. The average Bonchev–Trinajstić information content (AvgIpc) is 3.90. The van der Waals surface area contributed by atoms with E-state index in [9.17, 15) is 0 Å². The Hall–Kier alpha value is -6.49. The summed E-state index contributed by atoms with van der Waals surface area (Å²) < 4.78 is 25.1. The minimum atomic E-state index is -0.876. The predicted octanol–water partition coefficient (Wildman–Crippen LogP) is 15.2. The number of rotatable bonds is 5. The average molecular weight is 756 g/mol. The molecule has 2 nitrogen and oxygen atoms in total. The molecule has 274 valence electrons. The largest absolute Gasteiger partial charge is 0.455 e. The number of fused-ring (bicyclic) bond motifs is 11. The Balaban J connectivity index is 1.36. The molecule has 57 heavy (non-hydrogen) atoms. The van der Waals surface area contributed by atoms with Crippen LogP contribution in [-0.2, 0) is 10.8 Å². The van der Waals surface area contributed by atoms with Crippen LogP contribution in [0.1, 0.15) is 48.6 Å². The number of hydrogen-bond acceptors (Lipinski definition) is 3. The molecular weight excluding hydrogens is 718 g/mol. The minimum absolute atomic E-state index is 0.00845. The van der Waals surface area contributed by atoms with Gasteiger partial charge in [0.2, 0.25) is 0 Å². The van der Waals surface area contributed by atoms with Gasteiger partial charge in [0, 0.05) is 53.4 Å².